The first-order chi connectivity index (χ1) is 17.6. The van der Waals surface area contributed by atoms with Gasteiger partial charge >= 0.3 is 0 Å². The normalized spacial score (nSPS) is 12.2. The average molecular weight is 495 g/mol. The van der Waals surface area contributed by atoms with Crippen LogP contribution in [0.15, 0.2) is 66.7 Å². The molecule has 0 saturated heterocycles. The molecule has 0 aliphatic rings. The van der Waals surface area contributed by atoms with Crippen molar-refractivity contribution in [2.45, 2.75) is 66.2 Å². The molecule has 3 N–H and O–H groups in total. The van der Waals surface area contributed by atoms with Gasteiger partial charge in [-0.25, -0.2) is 0 Å². The van der Waals surface area contributed by atoms with E-state index in [4.69, 9.17) is 0 Å². The van der Waals surface area contributed by atoms with Crippen molar-refractivity contribution in [1.29, 1.82) is 0 Å². The molecule has 0 heterocycles. The first-order valence-electron chi connectivity index (χ1n) is 13.0. The van der Waals surface area contributed by atoms with Crippen LogP contribution in [0.2, 0.25) is 0 Å². The largest absolute Gasteiger partial charge is 0.508 e. The summed E-state index contributed by atoms with van der Waals surface area (Å²) in [6.07, 6.45) is 1.79. The van der Waals surface area contributed by atoms with Gasteiger partial charge < -0.3 is 15.3 Å². The molecule has 37 heavy (non-hydrogen) atoms. The number of rotatable bonds is 7. The maximum atomic E-state index is 10.4. The Labute approximate surface area is 221 Å². The SMILES string of the molecule is Cc1cc(C(CCC(c2cc(C)c(O)cc2C)c2cc(C)c(O)cc2C)c2ccccc2)c(C)cc1O. The topological polar surface area (TPSA) is 60.7 Å². The zero-order valence-corrected chi connectivity index (χ0v) is 22.8. The Morgan fingerprint density at radius 2 is 0.811 bits per heavy atom. The Kier molecular flexibility index (Phi) is 7.63. The Morgan fingerprint density at radius 1 is 0.459 bits per heavy atom. The lowest BCUT2D eigenvalue weighted by atomic mass is 9.77. The Balaban J connectivity index is 1.83. The second-order valence-electron chi connectivity index (χ2n) is 10.6. The van der Waals surface area contributed by atoms with Gasteiger partial charge in [0.1, 0.15) is 17.2 Å². The van der Waals surface area contributed by atoms with Gasteiger partial charge in [-0.3, -0.25) is 0 Å². The van der Waals surface area contributed by atoms with Crippen LogP contribution in [-0.4, -0.2) is 15.3 Å². The molecule has 0 amide bonds. The second-order valence-corrected chi connectivity index (χ2v) is 10.6. The van der Waals surface area contributed by atoms with E-state index < -0.39 is 0 Å². The molecule has 3 nitrogen and oxygen atoms in total. The summed E-state index contributed by atoms with van der Waals surface area (Å²) < 4.78 is 0. The maximum Gasteiger partial charge on any atom is 0.118 e. The number of aryl methyl sites for hydroxylation is 6. The maximum absolute atomic E-state index is 10.4. The smallest absolute Gasteiger partial charge is 0.118 e. The van der Waals surface area contributed by atoms with E-state index in [9.17, 15) is 15.3 Å². The summed E-state index contributed by atoms with van der Waals surface area (Å²) in [7, 11) is 0. The van der Waals surface area contributed by atoms with E-state index in [1.807, 2.05) is 45.0 Å². The van der Waals surface area contributed by atoms with Crippen LogP contribution in [-0.2, 0) is 0 Å². The van der Waals surface area contributed by atoms with Gasteiger partial charge in [0, 0.05) is 11.8 Å². The summed E-state index contributed by atoms with van der Waals surface area (Å²) in [4.78, 5) is 0. The third kappa shape index (κ3) is 5.51. The molecule has 0 saturated carbocycles. The van der Waals surface area contributed by atoms with E-state index >= 15 is 0 Å². The molecule has 4 rings (SSSR count). The molecule has 0 aliphatic heterocycles. The quantitative estimate of drug-likeness (QED) is 0.242. The van der Waals surface area contributed by atoms with Crippen molar-refractivity contribution in [2.24, 2.45) is 0 Å². The Hall–Kier alpha value is -3.72. The van der Waals surface area contributed by atoms with Crippen LogP contribution in [0.3, 0.4) is 0 Å². The highest BCUT2D eigenvalue weighted by Gasteiger charge is 2.24. The monoisotopic (exact) mass is 494 g/mol. The molecule has 0 spiro atoms. The lowest BCUT2D eigenvalue weighted by molar-refractivity contribution is 0.468. The van der Waals surface area contributed by atoms with Crippen molar-refractivity contribution in [3.05, 3.63) is 122 Å². The molecule has 0 bridgehead atoms. The average Bonchev–Trinajstić information content (AvgIpc) is 2.85. The van der Waals surface area contributed by atoms with E-state index in [1.165, 1.54) is 22.3 Å². The lowest BCUT2D eigenvalue weighted by Gasteiger charge is -2.27. The predicted octanol–water partition coefficient (Wildman–Crippen LogP) is 8.40. The van der Waals surface area contributed by atoms with Crippen LogP contribution in [0.5, 0.6) is 17.2 Å². The number of hydrogen-bond donors (Lipinski definition) is 3. The highest BCUT2D eigenvalue weighted by Crippen LogP contribution is 2.42. The Bertz CT molecular complexity index is 1360. The van der Waals surface area contributed by atoms with Crippen LogP contribution < -0.4 is 0 Å². The molecule has 4 aromatic rings. The van der Waals surface area contributed by atoms with Crippen LogP contribution >= 0.6 is 0 Å². The summed E-state index contributed by atoms with van der Waals surface area (Å²) in [5, 5.41) is 31.0. The van der Waals surface area contributed by atoms with Crippen LogP contribution in [0, 0.1) is 41.5 Å². The van der Waals surface area contributed by atoms with E-state index in [0.717, 1.165) is 46.2 Å². The minimum atomic E-state index is 0.100. The second kappa shape index (κ2) is 10.7. The van der Waals surface area contributed by atoms with Crippen molar-refractivity contribution in [2.75, 3.05) is 0 Å². The van der Waals surface area contributed by atoms with E-state index in [2.05, 4.69) is 63.2 Å². The molecule has 4 aromatic carbocycles. The molecule has 0 aromatic heterocycles. The third-order valence-corrected chi connectivity index (χ3v) is 7.83. The number of benzene rings is 4. The third-order valence-electron chi connectivity index (χ3n) is 7.83. The van der Waals surface area contributed by atoms with Crippen molar-refractivity contribution >= 4 is 0 Å². The summed E-state index contributed by atoms with van der Waals surface area (Å²) >= 11 is 0. The molecule has 1 unspecified atom stereocenters. The summed E-state index contributed by atoms with van der Waals surface area (Å²) in [5.74, 6) is 1.23. The molecule has 1 atom stereocenters. The summed E-state index contributed by atoms with van der Waals surface area (Å²) in [6, 6.07) is 22.6. The van der Waals surface area contributed by atoms with Gasteiger partial charge in [-0.2, -0.15) is 0 Å². The minimum absolute atomic E-state index is 0.100. The lowest BCUT2D eigenvalue weighted by Crippen LogP contribution is -2.11. The standard InChI is InChI=1S/C34H38O3/c1-20-17-32(35)23(4)14-29(20)27(26-10-8-7-9-11-26)12-13-28(30-15-24(5)33(36)18-21(30)2)31-16-25(6)34(37)19-22(31)3/h7-11,14-19,27-28,35-37H,12-13H2,1-6H3. The fraction of sp³-hybridized carbons (Fsp3) is 0.294. The Morgan fingerprint density at radius 3 is 1.22 bits per heavy atom. The van der Waals surface area contributed by atoms with Crippen LogP contribution in [0.4, 0.5) is 0 Å². The first-order valence-corrected chi connectivity index (χ1v) is 13.0. The van der Waals surface area contributed by atoms with Crippen LogP contribution in [0.1, 0.15) is 80.3 Å². The van der Waals surface area contributed by atoms with Gasteiger partial charge in [0.05, 0.1) is 0 Å². The van der Waals surface area contributed by atoms with Gasteiger partial charge in [0.15, 0.2) is 0 Å². The first kappa shape index (κ1) is 26.3. The fourth-order valence-corrected chi connectivity index (χ4v) is 5.60. The summed E-state index contributed by atoms with van der Waals surface area (Å²) in [6.45, 7) is 12.0. The van der Waals surface area contributed by atoms with Crippen molar-refractivity contribution in [3.63, 3.8) is 0 Å². The van der Waals surface area contributed by atoms with Gasteiger partial charge in [-0.05, 0) is 128 Å². The number of phenols is 3. The van der Waals surface area contributed by atoms with Gasteiger partial charge in [0.25, 0.3) is 0 Å². The molecular formula is C34H38O3. The predicted molar refractivity (Wildman–Crippen MR) is 152 cm³/mol. The number of aromatic hydroxyl groups is 3. The van der Waals surface area contributed by atoms with Crippen molar-refractivity contribution in [3.8, 4) is 17.2 Å². The molecule has 0 fully saturated rings. The van der Waals surface area contributed by atoms with Crippen LogP contribution in [0.25, 0.3) is 0 Å². The van der Waals surface area contributed by atoms with Crippen molar-refractivity contribution in [1.82, 2.24) is 0 Å². The van der Waals surface area contributed by atoms with E-state index in [1.54, 1.807) is 0 Å². The fourth-order valence-electron chi connectivity index (χ4n) is 5.60. The minimum Gasteiger partial charge on any atom is -0.508 e. The molecule has 192 valence electrons. The van der Waals surface area contributed by atoms with Gasteiger partial charge in [-0.15, -0.1) is 0 Å². The highest BCUT2D eigenvalue weighted by molar-refractivity contribution is 5.50. The number of hydrogen-bond acceptors (Lipinski definition) is 3. The van der Waals surface area contributed by atoms with Crippen molar-refractivity contribution < 1.29 is 15.3 Å². The van der Waals surface area contributed by atoms with Gasteiger partial charge in [-0.1, -0.05) is 48.5 Å². The van der Waals surface area contributed by atoms with Gasteiger partial charge in [0.2, 0.25) is 0 Å². The molecule has 3 heteroatoms. The van der Waals surface area contributed by atoms with E-state index in [0.29, 0.717) is 17.2 Å². The highest BCUT2D eigenvalue weighted by atomic mass is 16.3. The zero-order valence-electron chi connectivity index (χ0n) is 22.8. The van der Waals surface area contributed by atoms with E-state index in [-0.39, 0.29) is 11.8 Å². The number of phenolic OH excluding ortho intramolecular Hbond substituents is 3. The summed E-state index contributed by atoms with van der Waals surface area (Å²) in [5.41, 5.74) is 10.7. The molecular weight excluding hydrogens is 456 g/mol. The zero-order chi connectivity index (χ0) is 26.9. The molecule has 0 radical (unpaired) electrons. The molecule has 0 aliphatic carbocycles.